The highest BCUT2D eigenvalue weighted by Gasteiger charge is 2.29. The number of allylic oxidation sites excluding steroid dienone is 2. The molecule has 4 rings (SSSR count). The number of piperidine rings is 1. The molecule has 0 bridgehead atoms. The number of nitrogens with two attached hydrogens (primary N) is 2. The Morgan fingerprint density at radius 1 is 1.32 bits per heavy atom. The molecule has 0 saturated carbocycles. The summed E-state index contributed by atoms with van der Waals surface area (Å²) in [6.45, 7) is 4.12. The third-order valence-corrected chi connectivity index (χ3v) is 5.94. The molecule has 0 amide bonds. The highest BCUT2D eigenvalue weighted by molar-refractivity contribution is 8.04. The highest BCUT2D eigenvalue weighted by Crippen LogP contribution is 2.44. The summed E-state index contributed by atoms with van der Waals surface area (Å²) in [5.41, 5.74) is 17.2. The number of thioether (sulfide) groups is 1. The fourth-order valence-electron chi connectivity index (χ4n) is 3.68. The zero-order valence-electron chi connectivity index (χ0n) is 14.6. The maximum Gasteiger partial charge on any atom is 0.0876 e. The number of nitrogens with zero attached hydrogens (tertiary/aromatic N) is 3. The molecule has 132 valence electrons. The van der Waals surface area contributed by atoms with Gasteiger partial charge in [0.05, 0.1) is 28.6 Å². The van der Waals surface area contributed by atoms with Gasteiger partial charge in [0.1, 0.15) is 0 Å². The Morgan fingerprint density at radius 2 is 2.20 bits per heavy atom. The smallest absolute Gasteiger partial charge is 0.0876 e. The van der Waals surface area contributed by atoms with E-state index in [4.69, 9.17) is 11.5 Å². The molecular formula is C19H25N5S. The topological polar surface area (TPSA) is 71.4 Å². The van der Waals surface area contributed by atoms with Gasteiger partial charge in [-0.15, -0.1) is 11.8 Å². The van der Waals surface area contributed by atoms with E-state index in [-0.39, 0.29) is 11.4 Å². The maximum absolute atomic E-state index is 6.22. The van der Waals surface area contributed by atoms with Crippen LogP contribution in [0, 0.1) is 0 Å². The van der Waals surface area contributed by atoms with Gasteiger partial charge in [-0.3, -0.25) is 4.98 Å². The van der Waals surface area contributed by atoms with Crippen molar-refractivity contribution < 1.29 is 0 Å². The van der Waals surface area contributed by atoms with Gasteiger partial charge >= 0.3 is 0 Å². The average Bonchev–Trinajstić information content (AvgIpc) is 3.01. The summed E-state index contributed by atoms with van der Waals surface area (Å²) in [5.74, 6) is 0. The van der Waals surface area contributed by atoms with Crippen molar-refractivity contribution in [3.8, 4) is 0 Å². The number of hydrogen-bond donors (Lipinski definition) is 2. The molecule has 0 spiro atoms. The molecule has 1 aromatic heterocycles. The van der Waals surface area contributed by atoms with Crippen molar-refractivity contribution in [2.75, 3.05) is 22.9 Å². The average molecular weight is 356 g/mol. The van der Waals surface area contributed by atoms with E-state index in [0.717, 1.165) is 38.0 Å². The normalized spacial score (nSPS) is 26.1. The molecule has 0 aliphatic carbocycles. The Balaban J connectivity index is 1.75. The Kier molecular flexibility index (Phi) is 4.58. The van der Waals surface area contributed by atoms with E-state index >= 15 is 0 Å². The Morgan fingerprint density at radius 3 is 3.00 bits per heavy atom. The first-order chi connectivity index (χ1) is 12.2. The van der Waals surface area contributed by atoms with Crippen LogP contribution >= 0.6 is 11.8 Å². The van der Waals surface area contributed by atoms with Gasteiger partial charge in [0.15, 0.2) is 0 Å². The molecular weight excluding hydrogens is 330 g/mol. The van der Waals surface area contributed by atoms with Gasteiger partial charge in [-0.2, -0.15) is 0 Å². The second-order valence-electron chi connectivity index (χ2n) is 6.78. The van der Waals surface area contributed by atoms with E-state index in [0.29, 0.717) is 0 Å². The van der Waals surface area contributed by atoms with E-state index in [9.17, 15) is 0 Å². The Hall–Kier alpha value is -1.76. The fraction of sp³-hybridized carbons (Fsp3) is 0.421. The molecule has 2 atom stereocenters. The first-order valence-corrected chi connectivity index (χ1v) is 9.84. The highest BCUT2D eigenvalue weighted by atomic mass is 32.2. The summed E-state index contributed by atoms with van der Waals surface area (Å²) in [6.07, 6.45) is 13.7. The molecule has 5 nitrogen and oxygen atoms in total. The van der Waals surface area contributed by atoms with Crippen molar-refractivity contribution in [3.63, 3.8) is 0 Å². The van der Waals surface area contributed by atoms with Gasteiger partial charge in [-0.05, 0) is 43.1 Å². The van der Waals surface area contributed by atoms with Crippen molar-refractivity contribution in [2.24, 2.45) is 11.5 Å². The monoisotopic (exact) mass is 355 g/mol. The summed E-state index contributed by atoms with van der Waals surface area (Å²) >= 11 is 1.72. The van der Waals surface area contributed by atoms with Crippen LogP contribution in [0.3, 0.4) is 0 Å². The SMILES string of the molecule is CCC1=CN(c2cnccc2N2CCC[C@@H](N)C2)C2=CC(N)SC2=C1. The molecule has 0 radical (unpaired) electrons. The van der Waals surface area contributed by atoms with Gasteiger partial charge in [-0.1, -0.05) is 6.92 Å². The minimum absolute atomic E-state index is 0.0110. The third kappa shape index (κ3) is 3.21. The molecule has 1 saturated heterocycles. The molecule has 1 aromatic rings. The number of hydrogen-bond acceptors (Lipinski definition) is 6. The van der Waals surface area contributed by atoms with Crippen LogP contribution in [-0.4, -0.2) is 29.5 Å². The Labute approximate surface area is 153 Å². The fourth-order valence-corrected chi connectivity index (χ4v) is 4.68. The Bertz CT molecular complexity index is 754. The second-order valence-corrected chi connectivity index (χ2v) is 8.00. The number of rotatable bonds is 3. The molecule has 1 fully saturated rings. The van der Waals surface area contributed by atoms with E-state index < -0.39 is 0 Å². The van der Waals surface area contributed by atoms with Crippen molar-refractivity contribution in [1.29, 1.82) is 0 Å². The van der Waals surface area contributed by atoms with E-state index in [1.54, 1.807) is 11.8 Å². The summed E-state index contributed by atoms with van der Waals surface area (Å²) in [4.78, 5) is 10.3. The van der Waals surface area contributed by atoms with Crippen molar-refractivity contribution in [3.05, 3.63) is 53.0 Å². The number of fused-ring (bicyclic) bond motifs is 1. The van der Waals surface area contributed by atoms with Gasteiger partial charge < -0.3 is 21.3 Å². The van der Waals surface area contributed by atoms with Crippen molar-refractivity contribution in [2.45, 2.75) is 37.6 Å². The predicted molar refractivity (Wildman–Crippen MR) is 106 cm³/mol. The number of aromatic nitrogens is 1. The second kappa shape index (κ2) is 6.86. The zero-order chi connectivity index (χ0) is 17.4. The van der Waals surface area contributed by atoms with Gasteiger partial charge in [0.2, 0.25) is 0 Å². The van der Waals surface area contributed by atoms with Gasteiger partial charge in [-0.25, -0.2) is 0 Å². The van der Waals surface area contributed by atoms with Crippen molar-refractivity contribution >= 4 is 23.1 Å². The first kappa shape index (κ1) is 16.7. The lowest BCUT2D eigenvalue weighted by Crippen LogP contribution is -2.43. The lowest BCUT2D eigenvalue weighted by molar-refractivity contribution is 0.506. The van der Waals surface area contributed by atoms with Crippen molar-refractivity contribution in [1.82, 2.24) is 4.98 Å². The largest absolute Gasteiger partial charge is 0.368 e. The van der Waals surface area contributed by atoms with E-state index in [1.165, 1.54) is 21.9 Å². The van der Waals surface area contributed by atoms with Crippen LogP contribution in [0.15, 0.2) is 53.0 Å². The summed E-state index contributed by atoms with van der Waals surface area (Å²) in [6, 6.07) is 2.34. The molecule has 4 N–H and O–H groups in total. The van der Waals surface area contributed by atoms with Crippen LogP contribution in [0.4, 0.5) is 11.4 Å². The molecule has 3 aliphatic rings. The first-order valence-electron chi connectivity index (χ1n) is 8.96. The van der Waals surface area contributed by atoms with Crippen LogP contribution < -0.4 is 21.3 Å². The number of pyridine rings is 1. The minimum Gasteiger partial charge on any atom is -0.368 e. The van der Waals surface area contributed by atoms with E-state index in [1.807, 2.05) is 12.4 Å². The molecule has 6 heteroatoms. The molecule has 1 unspecified atom stereocenters. The van der Waals surface area contributed by atoms with Crippen LogP contribution in [0.1, 0.15) is 26.2 Å². The number of anilines is 2. The van der Waals surface area contributed by atoms with Crippen LogP contribution in [-0.2, 0) is 0 Å². The molecule has 25 heavy (non-hydrogen) atoms. The quantitative estimate of drug-likeness (QED) is 0.869. The zero-order valence-corrected chi connectivity index (χ0v) is 15.4. The standard InChI is InChI=1S/C19H25N5S/c1-2-13-8-18-16(9-19(21)25-18)24(11-13)17-10-22-6-5-15(17)23-7-3-4-14(20)12-23/h5-6,8-11,14,19H,2-4,7,12,20-21H2,1H3/t14-,19?/m1/s1. The predicted octanol–water partition coefficient (Wildman–Crippen LogP) is 2.92. The third-order valence-electron chi connectivity index (χ3n) is 4.95. The lowest BCUT2D eigenvalue weighted by atomic mass is 10.0. The minimum atomic E-state index is 0.0110. The van der Waals surface area contributed by atoms with Crippen LogP contribution in [0.25, 0.3) is 0 Å². The van der Waals surface area contributed by atoms with Gasteiger partial charge in [0.25, 0.3) is 0 Å². The summed E-state index contributed by atoms with van der Waals surface area (Å²) in [7, 11) is 0. The van der Waals surface area contributed by atoms with Gasteiger partial charge in [0, 0.05) is 36.4 Å². The molecule has 3 aliphatic heterocycles. The van der Waals surface area contributed by atoms with Crippen LogP contribution in [0.5, 0.6) is 0 Å². The summed E-state index contributed by atoms with van der Waals surface area (Å²) < 4.78 is 0. The van der Waals surface area contributed by atoms with E-state index in [2.05, 4.69) is 46.1 Å². The molecule has 0 aromatic carbocycles. The summed E-state index contributed by atoms with van der Waals surface area (Å²) in [5, 5.41) is 0.0110. The van der Waals surface area contributed by atoms with Crippen LogP contribution in [0.2, 0.25) is 0 Å². The maximum atomic E-state index is 6.22. The lowest BCUT2D eigenvalue weighted by Gasteiger charge is -2.36. The molecule has 4 heterocycles.